The third kappa shape index (κ3) is 2.74. The third-order valence-electron chi connectivity index (χ3n) is 9.64. The van der Waals surface area contributed by atoms with Gasteiger partial charge in [-0.15, -0.1) is 0 Å². The van der Waals surface area contributed by atoms with Crippen LogP contribution in [0.25, 0.3) is 43.8 Å². The van der Waals surface area contributed by atoms with Crippen molar-refractivity contribution in [2.45, 2.75) is 45.4 Å². The zero-order valence-electron chi connectivity index (χ0n) is 22.9. The van der Waals surface area contributed by atoms with Crippen molar-refractivity contribution in [3.63, 3.8) is 0 Å². The first-order valence-electron chi connectivity index (χ1n) is 14.6. The topological polar surface area (TPSA) is 0 Å². The number of benzene rings is 6. The number of rotatable bonds is 3. The first kappa shape index (κ1) is 22.8. The van der Waals surface area contributed by atoms with E-state index in [1.54, 1.807) is 0 Å². The summed E-state index contributed by atoms with van der Waals surface area (Å²) in [5, 5.41) is 5.73. The quantitative estimate of drug-likeness (QED) is 0.212. The highest BCUT2D eigenvalue weighted by atomic mass is 14.5. The van der Waals surface area contributed by atoms with Crippen LogP contribution in [0.1, 0.15) is 59.7 Å². The van der Waals surface area contributed by atoms with E-state index < -0.39 is 0 Å². The molecule has 6 aromatic rings. The smallest absolute Gasteiger partial charge is 0.0619 e. The van der Waals surface area contributed by atoms with Crippen LogP contribution < -0.4 is 0 Å². The molecule has 0 bridgehead atoms. The van der Waals surface area contributed by atoms with Gasteiger partial charge in [-0.05, 0) is 114 Å². The second-order valence-corrected chi connectivity index (χ2v) is 11.2. The maximum Gasteiger partial charge on any atom is 0.0725 e. The molecule has 0 nitrogen and oxygen atoms in total. The van der Waals surface area contributed by atoms with Crippen molar-refractivity contribution < 1.29 is 0 Å². The summed E-state index contributed by atoms with van der Waals surface area (Å²) in [5.41, 5.74) is 15.3. The zero-order chi connectivity index (χ0) is 26.3. The Kier molecular flexibility index (Phi) is 4.77. The molecule has 0 unspecified atom stereocenters. The largest absolute Gasteiger partial charge is 0.0725 e. The van der Waals surface area contributed by atoms with Gasteiger partial charge < -0.3 is 0 Å². The Bertz CT molecular complexity index is 1920. The van der Waals surface area contributed by atoms with Crippen LogP contribution in [0, 0.1) is 0 Å². The lowest BCUT2D eigenvalue weighted by Crippen LogP contribution is -2.25. The van der Waals surface area contributed by atoms with Gasteiger partial charge in [0.25, 0.3) is 0 Å². The fourth-order valence-corrected chi connectivity index (χ4v) is 8.01. The molecule has 0 atom stereocenters. The molecule has 0 radical (unpaired) electrons. The van der Waals surface area contributed by atoms with Gasteiger partial charge in [0.2, 0.25) is 0 Å². The van der Waals surface area contributed by atoms with Gasteiger partial charge in [-0.3, -0.25) is 0 Å². The molecule has 0 heteroatoms. The van der Waals surface area contributed by atoms with Crippen LogP contribution in [0.4, 0.5) is 0 Å². The molecule has 2 aliphatic carbocycles. The van der Waals surface area contributed by atoms with Gasteiger partial charge in [-0.1, -0.05) is 112 Å². The van der Waals surface area contributed by atoms with Gasteiger partial charge in [-0.25, -0.2) is 0 Å². The summed E-state index contributed by atoms with van der Waals surface area (Å²) in [6, 6.07) is 39.7. The number of hydrogen-bond acceptors (Lipinski definition) is 0. The van der Waals surface area contributed by atoms with Crippen molar-refractivity contribution in [1.29, 1.82) is 0 Å². The van der Waals surface area contributed by atoms with E-state index >= 15 is 0 Å². The van der Waals surface area contributed by atoms with Crippen molar-refractivity contribution in [2.24, 2.45) is 0 Å². The van der Waals surface area contributed by atoms with E-state index in [-0.39, 0.29) is 5.41 Å². The van der Waals surface area contributed by atoms with E-state index in [1.807, 2.05) is 0 Å². The van der Waals surface area contributed by atoms with Crippen LogP contribution in [0.15, 0.2) is 103 Å². The highest BCUT2D eigenvalue weighted by molar-refractivity contribution is 6.09. The van der Waals surface area contributed by atoms with Crippen molar-refractivity contribution in [3.05, 3.63) is 142 Å². The van der Waals surface area contributed by atoms with Gasteiger partial charge in [0.15, 0.2) is 0 Å². The van der Waals surface area contributed by atoms with Gasteiger partial charge in [0.05, 0.1) is 5.41 Å². The standard InChI is InChI=1S/C39H32/c1-4-24-19-20-27-25(5-2)32-22-34-30-15-9-12-18-37(30)39(38(34)23-33(32)26(6-3)31(27)21-24)35-16-10-7-13-28(35)29-14-8-11-17-36(29)39/h7-23H,4-6H2,1-3H3. The van der Waals surface area contributed by atoms with E-state index in [0.717, 1.165) is 19.3 Å². The maximum absolute atomic E-state index is 2.60. The summed E-state index contributed by atoms with van der Waals surface area (Å²) in [7, 11) is 0. The molecule has 0 N–H and O–H groups in total. The fraction of sp³-hybridized carbons (Fsp3) is 0.179. The first-order valence-corrected chi connectivity index (χ1v) is 14.6. The molecule has 0 amide bonds. The lowest BCUT2D eigenvalue weighted by atomic mass is 9.70. The first-order chi connectivity index (χ1) is 19.2. The maximum atomic E-state index is 2.60. The van der Waals surface area contributed by atoms with Crippen molar-refractivity contribution in [1.82, 2.24) is 0 Å². The number of hydrogen-bond donors (Lipinski definition) is 0. The van der Waals surface area contributed by atoms with E-state index in [4.69, 9.17) is 0 Å². The Balaban J connectivity index is 1.59. The van der Waals surface area contributed by atoms with Gasteiger partial charge in [0, 0.05) is 0 Å². The predicted molar refractivity (Wildman–Crippen MR) is 166 cm³/mol. The van der Waals surface area contributed by atoms with Crippen LogP contribution in [0.3, 0.4) is 0 Å². The molecule has 0 fully saturated rings. The molecule has 6 aromatic carbocycles. The van der Waals surface area contributed by atoms with Crippen LogP contribution in [-0.4, -0.2) is 0 Å². The van der Waals surface area contributed by atoms with E-state index in [2.05, 4.69) is 124 Å². The molecule has 188 valence electrons. The number of aryl methyl sites for hydroxylation is 3. The molecule has 0 aliphatic heterocycles. The Hall–Kier alpha value is -4.16. The SMILES string of the molecule is CCc1ccc2c(CC)c3cc4c(cc3c(CC)c2c1)C1(c2ccccc2-c2ccccc21)c1ccccc1-4. The molecule has 8 rings (SSSR count). The monoisotopic (exact) mass is 500 g/mol. The second-order valence-electron chi connectivity index (χ2n) is 11.2. The highest BCUT2D eigenvalue weighted by Crippen LogP contribution is 2.63. The average Bonchev–Trinajstić information content (AvgIpc) is 3.45. The summed E-state index contributed by atoms with van der Waals surface area (Å²) in [6.45, 7) is 6.91. The predicted octanol–water partition coefficient (Wildman–Crippen LogP) is 10.0. The lowest BCUT2D eigenvalue weighted by Gasteiger charge is -2.31. The number of fused-ring (bicyclic) bond motifs is 12. The fourth-order valence-electron chi connectivity index (χ4n) is 8.01. The van der Waals surface area contributed by atoms with Crippen LogP contribution in [-0.2, 0) is 24.7 Å². The highest BCUT2D eigenvalue weighted by Gasteiger charge is 2.51. The zero-order valence-corrected chi connectivity index (χ0v) is 22.9. The minimum absolute atomic E-state index is 0.287. The van der Waals surface area contributed by atoms with Crippen molar-refractivity contribution in [2.75, 3.05) is 0 Å². The molecular formula is C39H32. The lowest BCUT2D eigenvalue weighted by molar-refractivity contribution is 0.795. The summed E-state index contributed by atoms with van der Waals surface area (Å²) in [6.07, 6.45) is 3.12. The van der Waals surface area contributed by atoms with E-state index in [9.17, 15) is 0 Å². The summed E-state index contributed by atoms with van der Waals surface area (Å²) in [4.78, 5) is 0. The summed E-state index contributed by atoms with van der Waals surface area (Å²) < 4.78 is 0. The van der Waals surface area contributed by atoms with E-state index in [0.29, 0.717) is 0 Å². The Labute approximate surface area is 231 Å². The Morgan fingerprint density at radius 1 is 0.410 bits per heavy atom. The van der Waals surface area contributed by atoms with Gasteiger partial charge in [-0.2, -0.15) is 0 Å². The molecule has 0 saturated heterocycles. The summed E-state index contributed by atoms with van der Waals surface area (Å²) >= 11 is 0. The van der Waals surface area contributed by atoms with E-state index in [1.165, 1.54) is 82.7 Å². The molecule has 0 aromatic heterocycles. The summed E-state index contributed by atoms with van der Waals surface area (Å²) in [5.74, 6) is 0. The third-order valence-corrected chi connectivity index (χ3v) is 9.64. The average molecular weight is 501 g/mol. The van der Waals surface area contributed by atoms with Crippen LogP contribution in [0.5, 0.6) is 0 Å². The molecule has 0 saturated carbocycles. The van der Waals surface area contributed by atoms with Gasteiger partial charge >= 0.3 is 0 Å². The molecule has 39 heavy (non-hydrogen) atoms. The normalized spacial score (nSPS) is 14.0. The molecule has 0 heterocycles. The van der Waals surface area contributed by atoms with Gasteiger partial charge in [0.1, 0.15) is 0 Å². The minimum atomic E-state index is -0.287. The minimum Gasteiger partial charge on any atom is -0.0619 e. The molecule has 1 spiro atoms. The second kappa shape index (κ2) is 8.17. The Morgan fingerprint density at radius 3 is 1.46 bits per heavy atom. The van der Waals surface area contributed by atoms with Crippen LogP contribution in [0.2, 0.25) is 0 Å². The Morgan fingerprint density at radius 2 is 0.897 bits per heavy atom. The van der Waals surface area contributed by atoms with Crippen molar-refractivity contribution >= 4 is 21.5 Å². The molecule has 2 aliphatic rings. The van der Waals surface area contributed by atoms with Crippen LogP contribution >= 0.6 is 0 Å². The molecular weight excluding hydrogens is 468 g/mol. The van der Waals surface area contributed by atoms with Crippen molar-refractivity contribution in [3.8, 4) is 22.3 Å².